The fourth-order valence-corrected chi connectivity index (χ4v) is 3.88. The monoisotopic (exact) mass is 355 g/mol. The first-order valence-electron chi connectivity index (χ1n) is 8.14. The second-order valence-electron chi connectivity index (χ2n) is 6.67. The van der Waals surface area contributed by atoms with Crippen LogP contribution in [0.25, 0.3) is 0 Å². The molecule has 1 aromatic carbocycles. The van der Waals surface area contributed by atoms with E-state index in [2.05, 4.69) is 19.9 Å². The van der Waals surface area contributed by atoms with Crippen molar-refractivity contribution < 1.29 is 14.3 Å². The lowest BCUT2D eigenvalue weighted by molar-refractivity contribution is -0.146. The summed E-state index contributed by atoms with van der Waals surface area (Å²) in [6.07, 6.45) is 1.79. The largest absolute Gasteiger partial charge is 0.457 e. The molecule has 0 saturated heterocycles. The van der Waals surface area contributed by atoms with Gasteiger partial charge in [-0.15, -0.1) is 0 Å². The molecule has 0 aliphatic carbocycles. The number of benzene rings is 1. The summed E-state index contributed by atoms with van der Waals surface area (Å²) in [6.45, 7) is 3.96. The molecule has 0 radical (unpaired) electrons. The van der Waals surface area contributed by atoms with Gasteiger partial charge in [0.2, 0.25) is 0 Å². The number of esters is 1. The zero-order valence-electron chi connectivity index (χ0n) is 14.6. The third-order valence-electron chi connectivity index (χ3n) is 4.54. The predicted octanol–water partition coefficient (Wildman–Crippen LogP) is 3.71. The van der Waals surface area contributed by atoms with E-state index in [9.17, 15) is 9.59 Å². The van der Waals surface area contributed by atoms with Gasteiger partial charge in [0.05, 0.1) is 6.42 Å². The Morgan fingerprint density at radius 3 is 2.68 bits per heavy atom. The average molecular weight is 355 g/mol. The van der Waals surface area contributed by atoms with E-state index in [1.54, 1.807) is 6.08 Å². The highest BCUT2D eigenvalue weighted by molar-refractivity contribution is 7.08. The summed E-state index contributed by atoms with van der Waals surface area (Å²) < 4.78 is 5.12. The molecule has 1 aromatic heterocycles. The quantitative estimate of drug-likeness (QED) is 0.606. The van der Waals surface area contributed by atoms with E-state index < -0.39 is 0 Å². The Balaban J connectivity index is 1.66. The van der Waals surface area contributed by atoms with E-state index in [1.807, 2.05) is 47.0 Å². The summed E-state index contributed by atoms with van der Waals surface area (Å²) in [5.74, 6) is -0.589. The molecule has 0 bridgehead atoms. The van der Waals surface area contributed by atoms with E-state index in [1.165, 1.54) is 16.9 Å². The number of allylic oxidation sites excluding steroid dienone is 1. The molecule has 0 atom stereocenters. The van der Waals surface area contributed by atoms with Gasteiger partial charge < -0.3 is 9.64 Å². The van der Waals surface area contributed by atoms with Crippen molar-refractivity contribution in [1.29, 1.82) is 0 Å². The number of anilines is 1. The van der Waals surface area contributed by atoms with Crippen LogP contribution in [0.5, 0.6) is 0 Å². The van der Waals surface area contributed by atoms with Crippen molar-refractivity contribution in [3.8, 4) is 0 Å². The number of fused-ring (bicyclic) bond motifs is 1. The van der Waals surface area contributed by atoms with E-state index in [-0.39, 0.29) is 30.2 Å². The molecular weight excluding hydrogens is 334 g/mol. The number of likely N-dealkylation sites (N-methyl/N-ethyl adjacent to an activating group) is 1. The van der Waals surface area contributed by atoms with E-state index in [0.717, 1.165) is 16.9 Å². The van der Waals surface area contributed by atoms with Crippen LogP contribution >= 0.6 is 11.3 Å². The van der Waals surface area contributed by atoms with E-state index in [0.29, 0.717) is 0 Å². The van der Waals surface area contributed by atoms with Crippen molar-refractivity contribution >= 4 is 28.8 Å². The Labute approximate surface area is 151 Å². The smallest absolute Gasteiger partial charge is 0.310 e. The summed E-state index contributed by atoms with van der Waals surface area (Å²) in [6, 6.07) is 10.00. The van der Waals surface area contributed by atoms with Gasteiger partial charge in [-0.05, 0) is 34.0 Å². The van der Waals surface area contributed by atoms with Crippen molar-refractivity contribution in [2.75, 3.05) is 18.6 Å². The van der Waals surface area contributed by atoms with Gasteiger partial charge in [0.1, 0.15) is 0 Å². The van der Waals surface area contributed by atoms with Crippen LogP contribution in [0, 0.1) is 0 Å². The molecule has 0 spiro atoms. The summed E-state index contributed by atoms with van der Waals surface area (Å²) in [4.78, 5) is 26.2. The van der Waals surface area contributed by atoms with Crippen molar-refractivity contribution in [2.45, 2.75) is 25.7 Å². The summed E-state index contributed by atoms with van der Waals surface area (Å²) in [7, 11) is 1.95. The Bertz CT molecular complexity index is 821. The molecule has 0 unspecified atom stereocenters. The normalized spacial score (nSPS) is 16.8. The molecule has 0 amide bonds. The van der Waals surface area contributed by atoms with Gasteiger partial charge in [-0.1, -0.05) is 32.0 Å². The minimum absolute atomic E-state index is 0.199. The highest BCUT2D eigenvalue weighted by atomic mass is 32.1. The van der Waals surface area contributed by atoms with Gasteiger partial charge in [0, 0.05) is 29.9 Å². The maximum atomic E-state index is 12.3. The average Bonchev–Trinajstić information content (AvgIpc) is 3.15. The Hall–Kier alpha value is -2.40. The van der Waals surface area contributed by atoms with Crippen LogP contribution in [0.1, 0.15) is 25.0 Å². The second-order valence-corrected chi connectivity index (χ2v) is 7.45. The maximum absolute atomic E-state index is 12.3. The number of carbonyl (C=O) groups is 2. The summed E-state index contributed by atoms with van der Waals surface area (Å²) in [5.41, 5.74) is 3.84. The zero-order valence-corrected chi connectivity index (χ0v) is 15.4. The Morgan fingerprint density at radius 1 is 1.24 bits per heavy atom. The van der Waals surface area contributed by atoms with Crippen LogP contribution in [0.3, 0.4) is 0 Å². The third-order valence-corrected chi connectivity index (χ3v) is 5.27. The van der Waals surface area contributed by atoms with Gasteiger partial charge in [0.15, 0.2) is 12.4 Å². The lowest BCUT2D eigenvalue weighted by atomic mass is 9.83. The van der Waals surface area contributed by atoms with Crippen LogP contribution in [0.4, 0.5) is 5.69 Å². The van der Waals surface area contributed by atoms with E-state index >= 15 is 0 Å². The molecule has 3 rings (SSSR count). The standard InChI is InChI=1S/C20H21NO3S/c1-20(2)16-6-4-5-7-17(16)21(3)18(20)11-15(22)12-24-19(23)10-14-8-9-25-13-14/h4-9,11,13H,10,12H2,1-3H3. The number of hydrogen-bond acceptors (Lipinski definition) is 5. The van der Waals surface area contributed by atoms with Crippen LogP contribution in [0.15, 0.2) is 52.9 Å². The van der Waals surface area contributed by atoms with E-state index in [4.69, 9.17) is 4.74 Å². The molecular formula is C20H21NO3S. The number of thiophene rings is 1. The molecule has 5 heteroatoms. The van der Waals surface area contributed by atoms with Gasteiger partial charge in [-0.2, -0.15) is 11.3 Å². The number of carbonyl (C=O) groups excluding carboxylic acids is 2. The topological polar surface area (TPSA) is 46.6 Å². The Morgan fingerprint density at radius 2 is 2.00 bits per heavy atom. The highest BCUT2D eigenvalue weighted by Crippen LogP contribution is 2.46. The minimum atomic E-state index is -0.382. The van der Waals surface area contributed by atoms with Crippen molar-refractivity contribution in [3.05, 3.63) is 64.0 Å². The third kappa shape index (κ3) is 3.51. The molecule has 2 heterocycles. The number of para-hydroxylation sites is 1. The summed E-state index contributed by atoms with van der Waals surface area (Å²) >= 11 is 1.53. The number of ether oxygens (including phenoxy) is 1. The molecule has 2 aromatic rings. The molecule has 4 nitrogen and oxygen atoms in total. The number of hydrogen-bond donors (Lipinski definition) is 0. The van der Waals surface area contributed by atoms with Gasteiger partial charge in [-0.25, -0.2) is 0 Å². The first kappa shape index (κ1) is 17.4. The molecule has 0 N–H and O–H groups in total. The van der Waals surface area contributed by atoms with Crippen LogP contribution in [-0.2, 0) is 26.2 Å². The van der Waals surface area contributed by atoms with Crippen LogP contribution < -0.4 is 4.90 Å². The predicted molar refractivity (Wildman–Crippen MR) is 99.9 cm³/mol. The van der Waals surface area contributed by atoms with Crippen LogP contribution in [0.2, 0.25) is 0 Å². The molecule has 25 heavy (non-hydrogen) atoms. The van der Waals surface area contributed by atoms with Crippen molar-refractivity contribution in [2.24, 2.45) is 0 Å². The van der Waals surface area contributed by atoms with Crippen molar-refractivity contribution in [1.82, 2.24) is 0 Å². The maximum Gasteiger partial charge on any atom is 0.310 e. The lowest BCUT2D eigenvalue weighted by Gasteiger charge is -2.23. The summed E-state index contributed by atoms with van der Waals surface area (Å²) in [5, 5.41) is 3.81. The minimum Gasteiger partial charge on any atom is -0.457 e. The zero-order chi connectivity index (χ0) is 18.0. The second kappa shape index (κ2) is 6.84. The van der Waals surface area contributed by atoms with Crippen LogP contribution in [-0.4, -0.2) is 25.4 Å². The highest BCUT2D eigenvalue weighted by Gasteiger charge is 2.38. The molecule has 0 saturated carbocycles. The number of ketones is 1. The fourth-order valence-electron chi connectivity index (χ4n) is 3.22. The van der Waals surface area contributed by atoms with Gasteiger partial charge in [-0.3, -0.25) is 9.59 Å². The fraction of sp³-hybridized carbons (Fsp3) is 0.300. The number of rotatable bonds is 5. The SMILES string of the molecule is CN1C(=CC(=O)COC(=O)Cc2ccsc2)C(C)(C)c2ccccc21. The first-order chi connectivity index (χ1) is 11.9. The first-order valence-corrected chi connectivity index (χ1v) is 9.09. The lowest BCUT2D eigenvalue weighted by Crippen LogP contribution is -2.25. The Kier molecular flexibility index (Phi) is 4.77. The number of nitrogens with zero attached hydrogens (tertiary/aromatic N) is 1. The molecule has 1 aliphatic heterocycles. The molecule has 0 fully saturated rings. The van der Waals surface area contributed by atoms with Gasteiger partial charge >= 0.3 is 5.97 Å². The molecule has 130 valence electrons. The molecule has 1 aliphatic rings. The van der Waals surface area contributed by atoms with Gasteiger partial charge in [0.25, 0.3) is 0 Å². The van der Waals surface area contributed by atoms with Crippen molar-refractivity contribution in [3.63, 3.8) is 0 Å².